The number of nitrogens with one attached hydrogen (secondary N) is 1. The van der Waals surface area contributed by atoms with Crippen LogP contribution < -0.4 is 16.2 Å². The van der Waals surface area contributed by atoms with Crippen molar-refractivity contribution in [1.82, 2.24) is 5.43 Å². The van der Waals surface area contributed by atoms with Crippen LogP contribution in [0.5, 0.6) is 0 Å². The van der Waals surface area contributed by atoms with E-state index < -0.39 is 25.9 Å². The van der Waals surface area contributed by atoms with Gasteiger partial charge in [-0.2, -0.15) is 0 Å². The molecule has 0 aromatic heterocycles. The maximum Gasteiger partial charge on any atom is 0.343 e. The first-order valence-corrected chi connectivity index (χ1v) is 3.76. The van der Waals surface area contributed by atoms with E-state index in [0.29, 0.717) is 0 Å². The van der Waals surface area contributed by atoms with Crippen LogP contribution in [0.25, 0.3) is 0 Å². The zero-order valence-electron chi connectivity index (χ0n) is 5.30. The number of hydrogen-bond acceptors (Lipinski definition) is 6. The molecule has 0 aromatic carbocycles. The fourth-order valence-electron chi connectivity index (χ4n) is 0.407. The highest BCUT2D eigenvalue weighted by Crippen LogP contribution is 2.17. The minimum absolute atomic E-state index is 1.53. The topological polar surface area (TPSA) is 136 Å². The second kappa shape index (κ2) is 4.32. The van der Waals surface area contributed by atoms with Gasteiger partial charge < -0.3 is 15.1 Å². The third-order valence-corrected chi connectivity index (χ3v) is 1.69. The molecule has 64 valence electrons. The fourth-order valence-corrected chi connectivity index (χ4v) is 0.864. The first-order valence-electron chi connectivity index (χ1n) is 2.51. The summed E-state index contributed by atoms with van der Waals surface area (Å²) in [5, 5.41) is 16.9. The van der Waals surface area contributed by atoms with Crippen LogP contribution in [-0.4, -0.2) is 28.1 Å². The van der Waals surface area contributed by atoms with Gasteiger partial charge in [0.25, 0.3) is 5.85 Å². The average Bonchev–Trinajstić information content (AvgIpc) is 1.88. The summed E-state index contributed by atoms with van der Waals surface area (Å²) < 4.78 is 10.0. The number of carboxylic acids is 1. The molecule has 0 saturated heterocycles. The van der Waals surface area contributed by atoms with Gasteiger partial charge in [-0.25, -0.2) is 5.43 Å². The van der Waals surface area contributed by atoms with Gasteiger partial charge >= 0.3 is 14.0 Å². The molecule has 0 radical (unpaired) electrons. The molecule has 11 heavy (non-hydrogen) atoms. The quantitative estimate of drug-likeness (QED) is 0.211. The maximum atomic E-state index is 10.1. The molecule has 0 aromatic rings. The van der Waals surface area contributed by atoms with E-state index in [0.717, 1.165) is 0 Å². The summed E-state index contributed by atoms with van der Waals surface area (Å²) in [7, 11) is -3.21. The molecule has 7 nitrogen and oxygen atoms in total. The number of aliphatic carboxylic acids is 1. The van der Waals surface area contributed by atoms with Crippen LogP contribution in [0.2, 0.25) is 0 Å². The van der Waals surface area contributed by atoms with Crippen LogP contribution in [0.4, 0.5) is 0 Å². The van der Waals surface area contributed by atoms with Crippen molar-refractivity contribution in [2.45, 2.75) is 11.9 Å². The van der Waals surface area contributed by atoms with Gasteiger partial charge in [-0.1, -0.05) is 4.57 Å². The summed E-state index contributed by atoms with van der Waals surface area (Å²) in [4.78, 5) is 20.1. The molecule has 3 atom stereocenters. The predicted octanol–water partition coefficient (Wildman–Crippen LogP) is -2.68. The third kappa shape index (κ3) is 2.87. The lowest BCUT2D eigenvalue weighted by Gasteiger charge is -2.10. The highest BCUT2D eigenvalue weighted by Gasteiger charge is 2.34. The lowest BCUT2D eigenvalue weighted by atomic mass is 10.3. The largest absolute Gasteiger partial charge is 0.593 e. The molecular weight excluding hydrogens is 175 g/mol. The van der Waals surface area contributed by atoms with Crippen LogP contribution in [0.3, 0.4) is 0 Å². The molecule has 3 unspecified atom stereocenters. The highest BCUT2D eigenvalue weighted by molar-refractivity contribution is 7.37. The monoisotopic (exact) mass is 182 g/mol. The van der Waals surface area contributed by atoms with Crippen LogP contribution >= 0.6 is 8.03 Å². The molecule has 0 fully saturated rings. The van der Waals surface area contributed by atoms with Crippen molar-refractivity contribution in [2.24, 2.45) is 5.84 Å². The van der Waals surface area contributed by atoms with Gasteiger partial charge in [-0.3, -0.25) is 10.6 Å². The van der Waals surface area contributed by atoms with E-state index in [1.54, 1.807) is 5.43 Å². The number of rotatable bonds is 4. The second-order valence-electron chi connectivity index (χ2n) is 1.68. The summed E-state index contributed by atoms with van der Waals surface area (Å²) >= 11 is 0. The molecular formula is C3H7N2O5P. The number of carboxylic acid groups (broad SMARTS) is 1. The van der Waals surface area contributed by atoms with Crippen LogP contribution in [0.1, 0.15) is 0 Å². The molecule has 8 heteroatoms. The van der Waals surface area contributed by atoms with Crippen molar-refractivity contribution in [3.63, 3.8) is 0 Å². The SMILES string of the molecule is NNC(C(=O)O)C(O)[P+](=O)[O-]. The van der Waals surface area contributed by atoms with Gasteiger partial charge in [0.1, 0.15) is 0 Å². The van der Waals surface area contributed by atoms with Gasteiger partial charge in [-0.15, -0.1) is 0 Å². The van der Waals surface area contributed by atoms with E-state index >= 15 is 0 Å². The lowest BCUT2D eigenvalue weighted by Crippen LogP contribution is -2.48. The van der Waals surface area contributed by atoms with Crippen LogP contribution in [0.15, 0.2) is 0 Å². The molecule has 0 aliphatic heterocycles. The van der Waals surface area contributed by atoms with Gasteiger partial charge in [0.2, 0.25) is 0 Å². The van der Waals surface area contributed by atoms with Crippen molar-refractivity contribution < 1.29 is 24.5 Å². The van der Waals surface area contributed by atoms with Crippen LogP contribution in [-0.2, 0) is 9.36 Å². The lowest BCUT2D eigenvalue weighted by molar-refractivity contribution is -0.174. The Balaban J connectivity index is 4.25. The molecule has 0 saturated carbocycles. The third-order valence-electron chi connectivity index (χ3n) is 0.960. The summed E-state index contributed by atoms with van der Waals surface area (Å²) in [5.41, 5.74) is 1.65. The fraction of sp³-hybridized carbons (Fsp3) is 0.667. The minimum atomic E-state index is -3.21. The summed E-state index contributed by atoms with van der Waals surface area (Å²) in [6.07, 6.45) is 0. The Kier molecular flexibility index (Phi) is 4.09. The standard InChI is InChI=1S/C3H7N2O5P/c4-5-1(2(6)7)3(8)11(9)10/h1,3,5,8H,4H2,(H,6,7). The number of aliphatic hydroxyl groups is 1. The molecule has 0 heterocycles. The van der Waals surface area contributed by atoms with Gasteiger partial charge in [0, 0.05) is 0 Å². The van der Waals surface area contributed by atoms with E-state index in [-0.39, 0.29) is 0 Å². The second-order valence-corrected chi connectivity index (χ2v) is 2.78. The summed E-state index contributed by atoms with van der Waals surface area (Å²) in [5.74, 6) is 1.12. The number of nitrogens with two attached hydrogens (primary N) is 1. The van der Waals surface area contributed by atoms with Gasteiger partial charge in [-0.05, 0) is 0 Å². The Hall–Kier alpha value is -0.590. The molecule has 0 aliphatic carbocycles. The van der Waals surface area contributed by atoms with E-state index in [4.69, 9.17) is 10.2 Å². The van der Waals surface area contributed by atoms with E-state index in [2.05, 4.69) is 5.84 Å². The number of aliphatic hydroxyl groups excluding tert-OH is 1. The molecule has 0 bridgehead atoms. The molecule has 0 spiro atoms. The molecule has 0 amide bonds. The molecule has 5 N–H and O–H groups in total. The van der Waals surface area contributed by atoms with E-state index in [1.807, 2.05) is 0 Å². The van der Waals surface area contributed by atoms with E-state index in [1.165, 1.54) is 0 Å². The maximum absolute atomic E-state index is 10.1. The zero-order chi connectivity index (χ0) is 9.02. The summed E-state index contributed by atoms with van der Waals surface area (Å²) in [6.45, 7) is 0. The molecule has 0 rings (SSSR count). The van der Waals surface area contributed by atoms with E-state index in [9.17, 15) is 14.3 Å². The normalized spacial score (nSPS) is 17.2. The Morgan fingerprint density at radius 2 is 2.18 bits per heavy atom. The first kappa shape index (κ1) is 10.4. The van der Waals surface area contributed by atoms with Crippen molar-refractivity contribution in [3.05, 3.63) is 0 Å². The van der Waals surface area contributed by atoms with Crippen molar-refractivity contribution in [1.29, 1.82) is 0 Å². The Morgan fingerprint density at radius 1 is 1.73 bits per heavy atom. The van der Waals surface area contributed by atoms with Crippen molar-refractivity contribution in [2.75, 3.05) is 0 Å². The Labute approximate surface area is 62.7 Å². The number of hydrazine groups is 1. The average molecular weight is 182 g/mol. The first-order chi connectivity index (χ1) is 5.00. The van der Waals surface area contributed by atoms with Gasteiger partial charge in [0.05, 0.1) is 0 Å². The van der Waals surface area contributed by atoms with Crippen molar-refractivity contribution >= 4 is 14.0 Å². The zero-order valence-corrected chi connectivity index (χ0v) is 6.19. The van der Waals surface area contributed by atoms with Gasteiger partial charge in [0.15, 0.2) is 6.04 Å². The Bertz CT molecular complexity index is 173. The number of hydrogen-bond donors (Lipinski definition) is 4. The predicted molar refractivity (Wildman–Crippen MR) is 32.4 cm³/mol. The minimum Gasteiger partial charge on any atom is -0.593 e. The smallest absolute Gasteiger partial charge is 0.343 e. The molecule has 0 aliphatic rings. The van der Waals surface area contributed by atoms with Crippen molar-refractivity contribution in [3.8, 4) is 0 Å². The highest BCUT2D eigenvalue weighted by atomic mass is 31.1. The van der Waals surface area contributed by atoms with Crippen LogP contribution in [0, 0.1) is 0 Å². The Morgan fingerprint density at radius 3 is 2.27 bits per heavy atom. The number of carbonyl (C=O) groups is 1. The summed E-state index contributed by atoms with van der Waals surface area (Å²) in [6, 6.07) is -1.68.